The smallest absolute Gasteiger partial charge is 0.337 e. The van der Waals surface area contributed by atoms with Crippen LogP contribution in [-0.2, 0) is 11.2 Å². The molecule has 0 spiro atoms. The van der Waals surface area contributed by atoms with Gasteiger partial charge in [-0.2, -0.15) is 0 Å². The lowest BCUT2D eigenvalue weighted by Gasteiger charge is -2.30. The Kier molecular flexibility index (Phi) is 5.58. The third-order valence-electron chi connectivity index (χ3n) is 5.87. The third-order valence-corrected chi connectivity index (χ3v) is 6.16. The van der Waals surface area contributed by atoms with Gasteiger partial charge in [0.1, 0.15) is 11.9 Å². The fraction of sp³-hybridized carbons (Fsp3) is 0.409. The van der Waals surface area contributed by atoms with Crippen LogP contribution in [0.25, 0.3) is 0 Å². The highest BCUT2D eigenvalue weighted by Crippen LogP contribution is 2.41. The molecule has 0 saturated carbocycles. The highest BCUT2D eigenvalue weighted by molar-refractivity contribution is 6.32. The van der Waals surface area contributed by atoms with E-state index in [1.807, 2.05) is 6.07 Å². The Labute approximate surface area is 170 Å². The van der Waals surface area contributed by atoms with E-state index in [1.165, 1.54) is 18.2 Å². The first-order valence-corrected chi connectivity index (χ1v) is 10.0. The van der Waals surface area contributed by atoms with Crippen molar-refractivity contribution >= 4 is 17.6 Å². The minimum Gasteiger partial charge on any atom is -0.483 e. The number of nitrogens with zero attached hydrogens (tertiary/aromatic N) is 1. The summed E-state index contributed by atoms with van der Waals surface area (Å²) in [6.45, 7) is 2.77. The van der Waals surface area contributed by atoms with Gasteiger partial charge in [-0.15, -0.1) is 0 Å². The van der Waals surface area contributed by atoms with Crippen molar-refractivity contribution < 1.29 is 14.3 Å². The van der Waals surface area contributed by atoms with Gasteiger partial charge in [-0.3, -0.25) is 4.90 Å². The Morgan fingerprint density at radius 1 is 1.29 bits per heavy atom. The van der Waals surface area contributed by atoms with Crippen LogP contribution in [-0.4, -0.2) is 43.7 Å². The van der Waals surface area contributed by atoms with E-state index in [9.17, 15) is 4.79 Å². The summed E-state index contributed by atoms with van der Waals surface area (Å²) >= 11 is 6.43. The molecule has 1 fully saturated rings. The predicted octanol–water partition coefficient (Wildman–Crippen LogP) is 3.45. The Morgan fingerprint density at radius 2 is 2.11 bits per heavy atom. The molecular weight excluding hydrogens is 376 g/mol. The molecule has 1 heterocycles. The lowest BCUT2D eigenvalue weighted by molar-refractivity contribution is 0.0600. The normalized spacial score (nSPS) is 24.2. The Hall–Kier alpha value is -2.08. The van der Waals surface area contributed by atoms with Gasteiger partial charge in [0, 0.05) is 6.54 Å². The Bertz CT molecular complexity index is 873. The summed E-state index contributed by atoms with van der Waals surface area (Å²) in [5.74, 6) is 0.713. The van der Waals surface area contributed by atoms with E-state index in [4.69, 9.17) is 26.8 Å². The van der Waals surface area contributed by atoms with Gasteiger partial charge in [0.25, 0.3) is 0 Å². The second-order valence-corrected chi connectivity index (χ2v) is 7.94. The molecule has 1 aliphatic heterocycles. The number of nitrogens with two attached hydrogens (primary N) is 1. The molecule has 5 nitrogen and oxygen atoms in total. The topological polar surface area (TPSA) is 64.8 Å². The third kappa shape index (κ3) is 3.62. The zero-order chi connectivity index (χ0) is 19.7. The molecule has 4 rings (SSSR count). The molecule has 148 valence electrons. The molecule has 0 aromatic heterocycles. The van der Waals surface area contributed by atoms with Crippen molar-refractivity contribution in [2.45, 2.75) is 25.0 Å². The fourth-order valence-electron chi connectivity index (χ4n) is 4.33. The summed E-state index contributed by atoms with van der Waals surface area (Å²) in [5.41, 5.74) is 8.83. The first kappa shape index (κ1) is 19.2. The molecule has 2 aromatic rings. The van der Waals surface area contributed by atoms with E-state index in [-0.39, 0.29) is 12.1 Å². The summed E-state index contributed by atoms with van der Waals surface area (Å²) in [6, 6.07) is 13.7. The molecule has 2 aromatic carbocycles. The number of hydrogen-bond donors (Lipinski definition) is 1. The average Bonchev–Trinajstić information content (AvgIpc) is 3.33. The lowest BCUT2D eigenvalue weighted by atomic mass is 10.1. The van der Waals surface area contributed by atoms with Crippen LogP contribution in [0.15, 0.2) is 42.5 Å². The number of rotatable bonds is 5. The molecule has 0 amide bonds. The van der Waals surface area contributed by atoms with Crippen molar-refractivity contribution in [3.8, 4) is 5.75 Å². The van der Waals surface area contributed by atoms with E-state index >= 15 is 0 Å². The average molecular weight is 401 g/mol. The van der Waals surface area contributed by atoms with Crippen LogP contribution in [0, 0.1) is 5.92 Å². The van der Waals surface area contributed by atoms with Gasteiger partial charge in [-0.25, -0.2) is 4.79 Å². The number of esters is 1. The van der Waals surface area contributed by atoms with Crippen LogP contribution < -0.4 is 10.5 Å². The molecule has 6 heteroatoms. The van der Waals surface area contributed by atoms with Gasteiger partial charge < -0.3 is 15.2 Å². The molecule has 0 bridgehead atoms. The van der Waals surface area contributed by atoms with Crippen LogP contribution in [0.1, 0.15) is 34.0 Å². The second kappa shape index (κ2) is 8.11. The highest BCUT2D eigenvalue weighted by Gasteiger charge is 2.40. The van der Waals surface area contributed by atoms with Crippen LogP contribution in [0.4, 0.5) is 0 Å². The monoisotopic (exact) mass is 400 g/mol. The first-order chi connectivity index (χ1) is 13.6. The summed E-state index contributed by atoms with van der Waals surface area (Å²) < 4.78 is 11.2. The van der Waals surface area contributed by atoms with Gasteiger partial charge in [-0.1, -0.05) is 35.9 Å². The molecule has 0 unspecified atom stereocenters. The predicted molar refractivity (Wildman–Crippen MR) is 109 cm³/mol. The van der Waals surface area contributed by atoms with E-state index in [2.05, 4.69) is 23.1 Å². The minimum absolute atomic E-state index is 0.103. The van der Waals surface area contributed by atoms with E-state index in [0.717, 1.165) is 32.5 Å². The minimum atomic E-state index is -0.414. The van der Waals surface area contributed by atoms with Crippen LogP contribution in [0.2, 0.25) is 5.02 Å². The first-order valence-electron chi connectivity index (χ1n) is 9.67. The zero-order valence-corrected chi connectivity index (χ0v) is 16.7. The number of ether oxygens (including phenoxy) is 2. The van der Waals surface area contributed by atoms with Crippen molar-refractivity contribution in [3.05, 3.63) is 64.2 Å². The maximum atomic E-state index is 11.7. The number of hydrogen-bond acceptors (Lipinski definition) is 5. The second-order valence-electron chi connectivity index (χ2n) is 7.53. The maximum absolute atomic E-state index is 11.7. The summed E-state index contributed by atoms with van der Waals surface area (Å²) in [7, 11) is 1.35. The quantitative estimate of drug-likeness (QED) is 0.779. The van der Waals surface area contributed by atoms with Crippen LogP contribution >= 0.6 is 11.6 Å². The SMILES string of the molecule is COC(=O)c1ccc(O[C@@H]2c3ccccc3C[C@H]2N2CC[C@H](CN)C2)c(Cl)c1. The Morgan fingerprint density at radius 3 is 2.82 bits per heavy atom. The van der Waals surface area contributed by atoms with Crippen molar-refractivity contribution in [2.24, 2.45) is 11.7 Å². The number of benzene rings is 2. The van der Waals surface area contributed by atoms with Crippen molar-refractivity contribution in [3.63, 3.8) is 0 Å². The van der Waals surface area contributed by atoms with E-state index in [1.54, 1.807) is 18.2 Å². The van der Waals surface area contributed by atoms with Crippen LogP contribution in [0.5, 0.6) is 5.75 Å². The number of carbonyl (C=O) groups excluding carboxylic acids is 1. The van der Waals surface area contributed by atoms with Crippen LogP contribution in [0.3, 0.4) is 0 Å². The van der Waals surface area contributed by atoms with E-state index in [0.29, 0.717) is 22.3 Å². The van der Waals surface area contributed by atoms with Gasteiger partial charge in [-0.05, 0) is 61.2 Å². The molecule has 0 radical (unpaired) electrons. The van der Waals surface area contributed by atoms with Gasteiger partial charge >= 0.3 is 5.97 Å². The summed E-state index contributed by atoms with van der Waals surface area (Å²) in [5, 5.41) is 0.410. The summed E-state index contributed by atoms with van der Waals surface area (Å²) in [6.07, 6.45) is 1.98. The number of carbonyl (C=O) groups is 1. The number of likely N-dealkylation sites (tertiary alicyclic amines) is 1. The molecule has 3 atom stereocenters. The highest BCUT2D eigenvalue weighted by atomic mass is 35.5. The largest absolute Gasteiger partial charge is 0.483 e. The van der Waals surface area contributed by atoms with Gasteiger partial charge in [0.2, 0.25) is 0 Å². The van der Waals surface area contributed by atoms with Gasteiger partial charge in [0.15, 0.2) is 0 Å². The zero-order valence-electron chi connectivity index (χ0n) is 15.9. The number of fused-ring (bicyclic) bond motifs is 1. The standard InChI is InChI=1S/C22H25ClN2O3/c1-27-22(26)16-6-7-20(18(23)10-16)28-21-17-5-3-2-4-15(17)11-19(21)25-9-8-14(12-24)13-25/h2-7,10,14,19,21H,8-9,11-13,24H2,1H3/t14-,19-,21-/m1/s1. The van der Waals surface area contributed by atoms with Crippen molar-refractivity contribution in [2.75, 3.05) is 26.7 Å². The fourth-order valence-corrected chi connectivity index (χ4v) is 4.56. The molecule has 1 aliphatic carbocycles. The Balaban J connectivity index is 1.61. The molecule has 2 aliphatic rings. The number of methoxy groups -OCH3 is 1. The van der Waals surface area contributed by atoms with E-state index < -0.39 is 5.97 Å². The maximum Gasteiger partial charge on any atom is 0.337 e. The lowest BCUT2D eigenvalue weighted by Crippen LogP contribution is -2.39. The molecule has 28 heavy (non-hydrogen) atoms. The molecule has 1 saturated heterocycles. The molecular formula is C22H25ClN2O3. The van der Waals surface area contributed by atoms with Crippen molar-refractivity contribution in [1.29, 1.82) is 0 Å². The molecule has 2 N–H and O–H groups in total. The van der Waals surface area contributed by atoms with Crippen molar-refractivity contribution in [1.82, 2.24) is 4.90 Å². The summed E-state index contributed by atoms with van der Waals surface area (Å²) in [4.78, 5) is 14.2. The number of halogens is 1. The van der Waals surface area contributed by atoms with Gasteiger partial charge in [0.05, 0.1) is 23.7 Å².